The van der Waals surface area contributed by atoms with Crippen LogP contribution in [0.4, 0.5) is 10.1 Å². The van der Waals surface area contributed by atoms with Crippen LogP contribution in [0.5, 0.6) is 0 Å². The summed E-state index contributed by atoms with van der Waals surface area (Å²) in [7, 11) is 0. The van der Waals surface area contributed by atoms with Crippen molar-refractivity contribution < 1.29 is 9.18 Å². The Bertz CT molecular complexity index is 1220. The zero-order valence-electron chi connectivity index (χ0n) is 16.0. The number of aliphatic imine (C=N–C) groups is 1. The largest absolute Gasteiger partial charge is 0.318 e. The van der Waals surface area contributed by atoms with Gasteiger partial charge >= 0.3 is 0 Å². The summed E-state index contributed by atoms with van der Waals surface area (Å²) in [4.78, 5) is 17.3. The number of nitrogens with zero attached hydrogens (tertiary/aromatic N) is 2. The number of carbonyl (C=O) groups is 1. The molecule has 0 unspecified atom stereocenters. The van der Waals surface area contributed by atoms with E-state index < -0.39 is 0 Å². The van der Waals surface area contributed by atoms with Crippen LogP contribution in [0.25, 0.3) is 11.8 Å². The van der Waals surface area contributed by atoms with E-state index in [9.17, 15) is 9.18 Å². The topological polar surface area (TPSA) is 46.4 Å². The fourth-order valence-corrected chi connectivity index (χ4v) is 4.46. The molecule has 0 saturated carbocycles. The number of hydrogen-bond donors (Lipinski definition) is 1. The number of hydrogen-bond acceptors (Lipinski definition) is 3. The number of amidine groups is 1. The molecule has 1 amide bonds. The summed E-state index contributed by atoms with van der Waals surface area (Å²) in [5.41, 5.74) is 4.49. The van der Waals surface area contributed by atoms with E-state index in [1.54, 1.807) is 12.1 Å². The highest BCUT2D eigenvalue weighted by Crippen LogP contribution is 2.32. The Morgan fingerprint density at radius 2 is 1.90 bits per heavy atom. The van der Waals surface area contributed by atoms with Crippen LogP contribution in [-0.2, 0) is 4.79 Å². The monoisotopic (exact) mass is 503 g/mol. The Morgan fingerprint density at radius 1 is 1.17 bits per heavy atom. The molecule has 4 nitrogen and oxygen atoms in total. The van der Waals surface area contributed by atoms with E-state index in [1.807, 2.05) is 44.2 Å². The highest BCUT2D eigenvalue weighted by Gasteiger charge is 2.24. The Morgan fingerprint density at radius 3 is 2.60 bits per heavy atom. The van der Waals surface area contributed by atoms with Crippen molar-refractivity contribution >= 4 is 62.1 Å². The Balaban J connectivity index is 1.64. The molecule has 0 bridgehead atoms. The normalized spacial score (nSPS) is 16.5. The molecular formula is C22H16BrClFN3OS. The first-order valence-electron chi connectivity index (χ1n) is 9.01. The maximum Gasteiger partial charge on any atom is 0.264 e. The predicted molar refractivity (Wildman–Crippen MR) is 125 cm³/mol. The van der Waals surface area contributed by atoms with Crippen LogP contribution >= 0.6 is 39.3 Å². The molecule has 0 aliphatic carbocycles. The average Bonchev–Trinajstić information content (AvgIpc) is 3.18. The van der Waals surface area contributed by atoms with Gasteiger partial charge in [-0.05, 0) is 102 Å². The van der Waals surface area contributed by atoms with E-state index in [2.05, 4.69) is 30.8 Å². The average molecular weight is 505 g/mol. The van der Waals surface area contributed by atoms with Gasteiger partial charge < -0.3 is 9.88 Å². The number of thioether (sulfide) groups is 1. The minimum Gasteiger partial charge on any atom is -0.318 e. The van der Waals surface area contributed by atoms with Crippen LogP contribution in [0.15, 0.2) is 62.9 Å². The lowest BCUT2D eigenvalue weighted by molar-refractivity contribution is -0.115. The Labute approximate surface area is 191 Å². The first-order chi connectivity index (χ1) is 14.3. The molecule has 1 saturated heterocycles. The molecule has 1 aliphatic rings. The Hall–Kier alpha value is -2.35. The smallest absolute Gasteiger partial charge is 0.264 e. The lowest BCUT2D eigenvalue weighted by atomic mass is 10.2. The number of nitrogens with one attached hydrogen (secondary N) is 1. The van der Waals surface area contributed by atoms with Crippen molar-refractivity contribution in [2.75, 3.05) is 0 Å². The maximum absolute atomic E-state index is 13.1. The van der Waals surface area contributed by atoms with Crippen molar-refractivity contribution in [2.45, 2.75) is 13.8 Å². The molecule has 30 heavy (non-hydrogen) atoms. The highest BCUT2D eigenvalue weighted by molar-refractivity contribution is 9.10. The van der Waals surface area contributed by atoms with Gasteiger partial charge in [0.25, 0.3) is 5.91 Å². The number of rotatable bonds is 3. The van der Waals surface area contributed by atoms with E-state index in [0.29, 0.717) is 20.8 Å². The minimum absolute atomic E-state index is 0.211. The van der Waals surface area contributed by atoms with Gasteiger partial charge in [-0.1, -0.05) is 11.6 Å². The molecule has 1 aliphatic heterocycles. The number of benzene rings is 2. The lowest BCUT2D eigenvalue weighted by Crippen LogP contribution is -2.19. The first kappa shape index (κ1) is 20.9. The SMILES string of the molecule is Cc1cc(/C=C2\SC(=Nc3ccc(F)cc3)NC2=O)c(C)n1-c1ccc(Br)c(Cl)c1. The lowest BCUT2D eigenvalue weighted by Gasteiger charge is -2.10. The molecule has 0 radical (unpaired) electrons. The molecule has 1 fully saturated rings. The highest BCUT2D eigenvalue weighted by atomic mass is 79.9. The second-order valence-corrected chi connectivity index (χ2v) is 9.01. The number of aryl methyl sites for hydroxylation is 1. The second-order valence-electron chi connectivity index (χ2n) is 6.72. The van der Waals surface area contributed by atoms with Crippen LogP contribution in [-0.4, -0.2) is 15.6 Å². The van der Waals surface area contributed by atoms with Gasteiger partial charge in [-0.3, -0.25) is 4.79 Å². The minimum atomic E-state index is -0.329. The summed E-state index contributed by atoms with van der Waals surface area (Å²) < 4.78 is 16.0. The number of halogens is 3. The zero-order valence-corrected chi connectivity index (χ0v) is 19.2. The summed E-state index contributed by atoms with van der Waals surface area (Å²) in [6.07, 6.45) is 1.85. The van der Waals surface area contributed by atoms with Crippen molar-refractivity contribution in [3.05, 3.63) is 85.7 Å². The molecule has 1 aromatic heterocycles. The number of amides is 1. The van der Waals surface area contributed by atoms with Crippen molar-refractivity contribution in [2.24, 2.45) is 4.99 Å². The van der Waals surface area contributed by atoms with Crippen LogP contribution in [0.1, 0.15) is 17.0 Å². The molecule has 4 rings (SSSR count). The van der Waals surface area contributed by atoms with Gasteiger partial charge in [0, 0.05) is 21.5 Å². The van der Waals surface area contributed by atoms with Crippen molar-refractivity contribution in [1.82, 2.24) is 9.88 Å². The summed E-state index contributed by atoms with van der Waals surface area (Å²) in [6.45, 7) is 4.01. The first-order valence-corrected chi connectivity index (χ1v) is 11.0. The molecule has 1 N–H and O–H groups in total. The summed E-state index contributed by atoms with van der Waals surface area (Å²) >= 11 is 10.9. The van der Waals surface area contributed by atoms with Gasteiger partial charge in [0.2, 0.25) is 0 Å². The van der Waals surface area contributed by atoms with Gasteiger partial charge in [0.05, 0.1) is 15.6 Å². The summed E-state index contributed by atoms with van der Waals surface area (Å²) in [5, 5.41) is 3.85. The van der Waals surface area contributed by atoms with Gasteiger partial charge in [-0.2, -0.15) is 0 Å². The fourth-order valence-electron chi connectivity index (χ4n) is 3.21. The van der Waals surface area contributed by atoms with Gasteiger partial charge in [0.15, 0.2) is 5.17 Å². The molecule has 0 spiro atoms. The molecule has 152 valence electrons. The third kappa shape index (κ3) is 4.24. The van der Waals surface area contributed by atoms with Gasteiger partial charge in [-0.15, -0.1) is 0 Å². The van der Waals surface area contributed by atoms with E-state index in [0.717, 1.165) is 27.1 Å². The van der Waals surface area contributed by atoms with E-state index >= 15 is 0 Å². The van der Waals surface area contributed by atoms with Crippen LogP contribution in [0.3, 0.4) is 0 Å². The van der Waals surface area contributed by atoms with Gasteiger partial charge in [0.1, 0.15) is 5.82 Å². The predicted octanol–water partition coefficient (Wildman–Crippen LogP) is 6.54. The fraction of sp³-hybridized carbons (Fsp3) is 0.0909. The Kier molecular flexibility index (Phi) is 5.86. The quantitative estimate of drug-likeness (QED) is 0.412. The number of carbonyl (C=O) groups excluding carboxylic acids is 1. The van der Waals surface area contributed by atoms with E-state index in [-0.39, 0.29) is 11.7 Å². The zero-order chi connectivity index (χ0) is 21.4. The number of aromatic nitrogens is 1. The van der Waals surface area contributed by atoms with E-state index in [4.69, 9.17) is 11.6 Å². The van der Waals surface area contributed by atoms with Crippen molar-refractivity contribution in [3.63, 3.8) is 0 Å². The van der Waals surface area contributed by atoms with E-state index in [1.165, 1.54) is 23.9 Å². The maximum atomic E-state index is 13.1. The molecule has 2 heterocycles. The summed E-state index contributed by atoms with van der Waals surface area (Å²) in [5.74, 6) is -0.539. The third-order valence-corrected chi connectivity index (χ3v) is 6.77. The van der Waals surface area contributed by atoms with Crippen LogP contribution < -0.4 is 5.32 Å². The van der Waals surface area contributed by atoms with Crippen LogP contribution in [0.2, 0.25) is 5.02 Å². The molecule has 8 heteroatoms. The standard InChI is InChI=1S/C22H16BrClFN3OS/c1-12-9-14(13(2)28(12)17-7-8-18(23)19(24)11-17)10-20-21(29)27-22(30-20)26-16-5-3-15(25)4-6-16/h3-11H,1-2H3,(H,26,27,29)/b20-10-. The molecule has 2 aromatic carbocycles. The van der Waals surface area contributed by atoms with Crippen molar-refractivity contribution in [3.8, 4) is 5.69 Å². The second kappa shape index (κ2) is 8.41. The van der Waals surface area contributed by atoms with Crippen molar-refractivity contribution in [1.29, 1.82) is 0 Å². The molecule has 3 aromatic rings. The molecular weight excluding hydrogens is 489 g/mol. The third-order valence-electron chi connectivity index (χ3n) is 4.63. The summed E-state index contributed by atoms with van der Waals surface area (Å²) in [6, 6.07) is 13.6. The van der Waals surface area contributed by atoms with Crippen LogP contribution in [0, 0.1) is 19.7 Å². The molecule has 0 atom stereocenters. The van der Waals surface area contributed by atoms with Gasteiger partial charge in [-0.25, -0.2) is 9.38 Å².